The SMILES string of the molecule is CC(=O)N(CCc1ccc(OC(C)(C)C(=O)O)cc1)Oc1ccc(Cl)cc1. The van der Waals surface area contributed by atoms with Crippen molar-refractivity contribution in [2.75, 3.05) is 6.54 Å². The van der Waals surface area contributed by atoms with Crippen LogP contribution >= 0.6 is 11.6 Å². The van der Waals surface area contributed by atoms with E-state index in [2.05, 4.69) is 0 Å². The lowest BCUT2D eigenvalue weighted by Gasteiger charge is -2.22. The summed E-state index contributed by atoms with van der Waals surface area (Å²) in [6.07, 6.45) is 0.565. The highest BCUT2D eigenvalue weighted by molar-refractivity contribution is 6.30. The van der Waals surface area contributed by atoms with E-state index in [1.165, 1.54) is 25.8 Å². The number of hydroxylamine groups is 2. The zero-order valence-electron chi connectivity index (χ0n) is 15.4. The Labute approximate surface area is 163 Å². The zero-order valence-corrected chi connectivity index (χ0v) is 16.2. The number of carboxylic acid groups (broad SMARTS) is 1. The van der Waals surface area contributed by atoms with Gasteiger partial charge in [0.2, 0.25) is 0 Å². The van der Waals surface area contributed by atoms with Gasteiger partial charge in [0.05, 0.1) is 6.54 Å². The molecule has 0 saturated carbocycles. The molecule has 7 heteroatoms. The fourth-order valence-corrected chi connectivity index (χ4v) is 2.31. The second-order valence-corrected chi connectivity index (χ2v) is 6.91. The maximum Gasteiger partial charge on any atom is 0.347 e. The summed E-state index contributed by atoms with van der Waals surface area (Å²) >= 11 is 5.84. The van der Waals surface area contributed by atoms with Crippen molar-refractivity contribution >= 4 is 23.5 Å². The van der Waals surface area contributed by atoms with Gasteiger partial charge in [-0.25, -0.2) is 4.79 Å². The molecule has 0 aliphatic carbocycles. The Morgan fingerprint density at radius 2 is 1.59 bits per heavy atom. The van der Waals surface area contributed by atoms with Crippen molar-refractivity contribution in [3.8, 4) is 11.5 Å². The number of ether oxygens (including phenoxy) is 1. The highest BCUT2D eigenvalue weighted by atomic mass is 35.5. The zero-order chi connectivity index (χ0) is 20.0. The number of hydrogen-bond donors (Lipinski definition) is 1. The van der Waals surface area contributed by atoms with Crippen molar-refractivity contribution in [1.82, 2.24) is 5.06 Å². The van der Waals surface area contributed by atoms with Crippen molar-refractivity contribution in [1.29, 1.82) is 0 Å². The molecule has 0 aliphatic rings. The number of carbonyl (C=O) groups is 2. The molecule has 0 saturated heterocycles. The third-order valence-corrected chi connectivity index (χ3v) is 4.05. The molecule has 144 valence electrons. The molecule has 0 radical (unpaired) electrons. The maximum absolute atomic E-state index is 11.8. The first-order chi connectivity index (χ1) is 12.7. The van der Waals surface area contributed by atoms with Gasteiger partial charge in [-0.3, -0.25) is 4.79 Å². The molecule has 0 fully saturated rings. The van der Waals surface area contributed by atoms with Gasteiger partial charge in [0.15, 0.2) is 11.4 Å². The van der Waals surface area contributed by atoms with Crippen molar-refractivity contribution in [3.05, 3.63) is 59.1 Å². The molecule has 1 amide bonds. The summed E-state index contributed by atoms with van der Waals surface area (Å²) in [6.45, 7) is 4.77. The summed E-state index contributed by atoms with van der Waals surface area (Å²) in [5, 5.41) is 11.0. The van der Waals surface area contributed by atoms with Crippen LogP contribution in [0.3, 0.4) is 0 Å². The summed E-state index contributed by atoms with van der Waals surface area (Å²) in [5.41, 5.74) is -0.347. The summed E-state index contributed by atoms with van der Waals surface area (Å²) in [4.78, 5) is 28.5. The van der Waals surface area contributed by atoms with Gasteiger partial charge in [0.25, 0.3) is 5.91 Å². The minimum atomic E-state index is -1.31. The van der Waals surface area contributed by atoms with E-state index in [0.29, 0.717) is 29.5 Å². The fraction of sp³-hybridized carbons (Fsp3) is 0.300. The van der Waals surface area contributed by atoms with Crippen LogP contribution in [-0.2, 0) is 16.0 Å². The molecule has 0 bridgehead atoms. The second kappa shape index (κ2) is 8.77. The molecular formula is C20H22ClNO5. The lowest BCUT2D eigenvalue weighted by Crippen LogP contribution is -2.37. The highest BCUT2D eigenvalue weighted by Gasteiger charge is 2.29. The number of halogens is 1. The monoisotopic (exact) mass is 391 g/mol. The third kappa shape index (κ3) is 6.18. The molecule has 2 aromatic rings. The van der Waals surface area contributed by atoms with E-state index in [9.17, 15) is 9.59 Å². The smallest absolute Gasteiger partial charge is 0.347 e. The number of nitrogens with zero attached hydrogens (tertiary/aromatic N) is 1. The van der Waals surface area contributed by atoms with Crippen molar-refractivity contribution in [3.63, 3.8) is 0 Å². The van der Waals surface area contributed by atoms with Crippen LogP contribution in [0.4, 0.5) is 0 Å². The summed E-state index contributed by atoms with van der Waals surface area (Å²) in [6, 6.07) is 13.8. The molecule has 2 rings (SSSR count). The van der Waals surface area contributed by atoms with Gasteiger partial charge in [-0.15, -0.1) is 0 Å². The average Bonchev–Trinajstić information content (AvgIpc) is 2.61. The van der Waals surface area contributed by atoms with E-state index in [4.69, 9.17) is 26.3 Å². The number of amides is 1. The van der Waals surface area contributed by atoms with Gasteiger partial charge < -0.3 is 14.7 Å². The van der Waals surface area contributed by atoms with Crippen LogP contribution in [0.1, 0.15) is 26.3 Å². The molecule has 27 heavy (non-hydrogen) atoms. The first kappa shape index (κ1) is 20.6. The fourth-order valence-electron chi connectivity index (χ4n) is 2.18. The van der Waals surface area contributed by atoms with Gasteiger partial charge in [-0.05, 0) is 62.2 Å². The molecule has 0 atom stereocenters. The van der Waals surface area contributed by atoms with E-state index in [0.717, 1.165) is 5.56 Å². The average molecular weight is 392 g/mol. The topological polar surface area (TPSA) is 76.1 Å². The molecule has 0 unspecified atom stereocenters. The van der Waals surface area contributed by atoms with Gasteiger partial charge >= 0.3 is 5.97 Å². The van der Waals surface area contributed by atoms with Crippen LogP contribution in [-0.4, -0.2) is 34.2 Å². The Morgan fingerprint density at radius 1 is 1.04 bits per heavy atom. The van der Waals surface area contributed by atoms with Crippen molar-refractivity contribution < 1.29 is 24.3 Å². The Kier molecular flexibility index (Phi) is 6.69. The Morgan fingerprint density at radius 3 is 2.11 bits per heavy atom. The number of carboxylic acids is 1. The van der Waals surface area contributed by atoms with Crippen LogP contribution in [0.15, 0.2) is 48.5 Å². The predicted octanol–water partition coefficient (Wildman–Crippen LogP) is 3.97. The van der Waals surface area contributed by atoms with E-state index in [-0.39, 0.29) is 5.91 Å². The maximum atomic E-state index is 11.8. The minimum Gasteiger partial charge on any atom is -0.478 e. The number of benzene rings is 2. The molecule has 0 aromatic heterocycles. The van der Waals surface area contributed by atoms with Crippen LogP contribution in [0.5, 0.6) is 11.5 Å². The number of aliphatic carboxylic acids is 1. The Hall–Kier alpha value is -2.73. The van der Waals surface area contributed by atoms with E-state index < -0.39 is 11.6 Å². The number of hydrogen-bond acceptors (Lipinski definition) is 4. The second-order valence-electron chi connectivity index (χ2n) is 6.48. The van der Waals surface area contributed by atoms with E-state index >= 15 is 0 Å². The van der Waals surface area contributed by atoms with Gasteiger partial charge in [-0.1, -0.05) is 23.7 Å². The third-order valence-electron chi connectivity index (χ3n) is 3.80. The molecule has 0 spiro atoms. The van der Waals surface area contributed by atoms with Crippen LogP contribution < -0.4 is 9.57 Å². The largest absolute Gasteiger partial charge is 0.478 e. The normalized spacial score (nSPS) is 11.0. The van der Waals surface area contributed by atoms with Crippen molar-refractivity contribution in [2.24, 2.45) is 0 Å². The quantitative estimate of drug-likeness (QED) is 0.689. The number of rotatable bonds is 8. The lowest BCUT2D eigenvalue weighted by molar-refractivity contribution is -0.154. The van der Waals surface area contributed by atoms with Gasteiger partial charge in [0, 0.05) is 11.9 Å². The molecule has 2 aromatic carbocycles. The van der Waals surface area contributed by atoms with Gasteiger partial charge in [-0.2, -0.15) is 5.06 Å². The summed E-state index contributed by atoms with van der Waals surface area (Å²) in [5.74, 6) is -0.266. The standard InChI is InChI=1S/C20H22ClNO5/c1-14(23)22(27-18-10-6-16(21)7-11-18)13-12-15-4-8-17(9-5-15)26-20(2,3)19(24)25/h4-11H,12-13H2,1-3H3,(H,24,25). The Bertz CT molecular complexity index is 787. The van der Waals surface area contributed by atoms with E-state index in [1.807, 2.05) is 12.1 Å². The Balaban J connectivity index is 1.96. The van der Waals surface area contributed by atoms with E-state index in [1.54, 1.807) is 36.4 Å². The van der Waals surface area contributed by atoms with Crippen LogP contribution in [0, 0.1) is 0 Å². The van der Waals surface area contributed by atoms with Crippen LogP contribution in [0.25, 0.3) is 0 Å². The first-order valence-electron chi connectivity index (χ1n) is 8.40. The first-order valence-corrected chi connectivity index (χ1v) is 8.78. The summed E-state index contributed by atoms with van der Waals surface area (Å²) in [7, 11) is 0. The molecule has 0 aliphatic heterocycles. The van der Waals surface area contributed by atoms with Crippen molar-refractivity contribution in [2.45, 2.75) is 32.8 Å². The summed E-state index contributed by atoms with van der Waals surface area (Å²) < 4.78 is 5.47. The highest BCUT2D eigenvalue weighted by Crippen LogP contribution is 2.20. The molecular weight excluding hydrogens is 370 g/mol. The molecule has 6 nitrogen and oxygen atoms in total. The minimum absolute atomic E-state index is 0.215. The molecule has 0 heterocycles. The predicted molar refractivity (Wildman–Crippen MR) is 102 cm³/mol. The number of carbonyl (C=O) groups excluding carboxylic acids is 1. The molecule has 1 N–H and O–H groups in total. The van der Waals surface area contributed by atoms with Gasteiger partial charge in [0.1, 0.15) is 5.75 Å². The van der Waals surface area contributed by atoms with Crippen LogP contribution in [0.2, 0.25) is 5.02 Å². The lowest BCUT2D eigenvalue weighted by atomic mass is 10.1.